The molecule has 17 heavy (non-hydrogen) atoms. The van der Waals surface area contributed by atoms with Crippen molar-refractivity contribution in [1.82, 2.24) is 14.8 Å². The molecule has 90 valence electrons. The Hall–Kier alpha value is -2.11. The number of hydrogen-bond donors (Lipinski definition) is 1. The maximum atomic E-state index is 12.1. The van der Waals surface area contributed by atoms with E-state index in [0.29, 0.717) is 37.6 Å². The number of carbonyl (C=O) groups is 2. The Kier molecular flexibility index (Phi) is 3.22. The number of nitrogen functional groups attached to an aromatic ring is 1. The van der Waals surface area contributed by atoms with Crippen LogP contribution >= 0.6 is 0 Å². The average Bonchev–Trinajstić information content (AvgIpc) is 2.38. The van der Waals surface area contributed by atoms with Crippen molar-refractivity contribution in [2.24, 2.45) is 0 Å². The summed E-state index contributed by atoms with van der Waals surface area (Å²) >= 11 is 0. The lowest BCUT2D eigenvalue weighted by Gasteiger charge is -2.32. The van der Waals surface area contributed by atoms with Crippen molar-refractivity contribution in [3.05, 3.63) is 23.9 Å². The lowest BCUT2D eigenvalue weighted by Crippen LogP contribution is -2.48. The van der Waals surface area contributed by atoms with E-state index in [4.69, 9.17) is 5.73 Å². The molecule has 0 bridgehead atoms. The van der Waals surface area contributed by atoms with Gasteiger partial charge in [-0.2, -0.15) is 0 Å². The van der Waals surface area contributed by atoms with Crippen LogP contribution in [0.15, 0.2) is 18.3 Å². The standard InChI is InChI=1S/C11H14N4O2/c12-10-7-9(1-2-13-10)11(17)15-5-3-14(8-16)4-6-15/h1-2,7-8H,3-6H2,(H2,12,13). The third-order valence-electron chi connectivity index (χ3n) is 2.78. The molecule has 1 saturated heterocycles. The smallest absolute Gasteiger partial charge is 0.254 e. The van der Waals surface area contributed by atoms with Crippen LogP contribution in [0.5, 0.6) is 0 Å². The first-order valence-electron chi connectivity index (χ1n) is 5.41. The first-order valence-corrected chi connectivity index (χ1v) is 5.41. The van der Waals surface area contributed by atoms with Gasteiger partial charge in [-0.1, -0.05) is 0 Å². The number of aromatic nitrogens is 1. The van der Waals surface area contributed by atoms with Crippen LogP contribution in [0.1, 0.15) is 10.4 Å². The molecule has 2 rings (SSSR count). The predicted molar refractivity (Wildman–Crippen MR) is 62.2 cm³/mol. The van der Waals surface area contributed by atoms with Crippen molar-refractivity contribution in [2.75, 3.05) is 31.9 Å². The van der Waals surface area contributed by atoms with E-state index in [-0.39, 0.29) is 5.91 Å². The molecule has 0 spiro atoms. The molecule has 1 aliphatic heterocycles. The summed E-state index contributed by atoms with van der Waals surface area (Å²) in [7, 11) is 0. The molecule has 2 N–H and O–H groups in total. The molecule has 6 heteroatoms. The van der Waals surface area contributed by atoms with Gasteiger partial charge in [-0.05, 0) is 12.1 Å². The molecule has 0 aromatic carbocycles. The van der Waals surface area contributed by atoms with Crippen LogP contribution in [0, 0.1) is 0 Å². The van der Waals surface area contributed by atoms with Crippen LogP contribution in [0.2, 0.25) is 0 Å². The van der Waals surface area contributed by atoms with Gasteiger partial charge in [-0.3, -0.25) is 9.59 Å². The van der Waals surface area contributed by atoms with Crippen LogP contribution in [-0.2, 0) is 4.79 Å². The Morgan fingerprint density at radius 3 is 2.65 bits per heavy atom. The summed E-state index contributed by atoms with van der Waals surface area (Å²) in [6, 6.07) is 3.21. The van der Waals surface area contributed by atoms with Crippen LogP contribution in [0.4, 0.5) is 5.82 Å². The number of nitrogens with two attached hydrogens (primary N) is 1. The summed E-state index contributed by atoms with van der Waals surface area (Å²) in [6.45, 7) is 2.27. The molecule has 2 heterocycles. The quantitative estimate of drug-likeness (QED) is 0.705. The maximum absolute atomic E-state index is 12.1. The van der Waals surface area contributed by atoms with E-state index in [1.54, 1.807) is 21.9 Å². The Labute approximate surface area is 99.0 Å². The molecule has 6 nitrogen and oxygen atoms in total. The molecule has 0 unspecified atom stereocenters. The minimum absolute atomic E-state index is 0.0651. The zero-order chi connectivity index (χ0) is 12.3. The predicted octanol–water partition coefficient (Wildman–Crippen LogP) is -0.422. The van der Waals surface area contributed by atoms with Gasteiger partial charge in [-0.25, -0.2) is 4.98 Å². The first kappa shape index (κ1) is 11.4. The zero-order valence-corrected chi connectivity index (χ0v) is 9.37. The normalized spacial score (nSPS) is 15.8. The number of piperazine rings is 1. The van der Waals surface area contributed by atoms with Crippen molar-refractivity contribution < 1.29 is 9.59 Å². The van der Waals surface area contributed by atoms with Gasteiger partial charge in [0.05, 0.1) is 0 Å². The lowest BCUT2D eigenvalue weighted by molar-refractivity contribution is -0.119. The minimum atomic E-state index is -0.0651. The Morgan fingerprint density at radius 1 is 1.35 bits per heavy atom. The molecule has 1 aromatic heterocycles. The molecule has 1 aliphatic rings. The molecule has 1 aromatic rings. The van der Waals surface area contributed by atoms with Gasteiger partial charge >= 0.3 is 0 Å². The monoisotopic (exact) mass is 234 g/mol. The molecule has 1 fully saturated rings. The fourth-order valence-electron chi connectivity index (χ4n) is 1.79. The summed E-state index contributed by atoms with van der Waals surface area (Å²) in [5.74, 6) is 0.270. The molecule has 0 radical (unpaired) electrons. The van der Waals surface area contributed by atoms with E-state index in [1.165, 1.54) is 6.20 Å². The topological polar surface area (TPSA) is 79.5 Å². The Morgan fingerprint density at radius 2 is 2.06 bits per heavy atom. The molecule has 0 aliphatic carbocycles. The largest absolute Gasteiger partial charge is 0.384 e. The molecule has 0 atom stereocenters. The van der Waals surface area contributed by atoms with Gasteiger partial charge in [0.15, 0.2) is 0 Å². The number of rotatable bonds is 2. The van der Waals surface area contributed by atoms with Crippen molar-refractivity contribution in [2.45, 2.75) is 0 Å². The first-order chi connectivity index (χ1) is 8.20. The second kappa shape index (κ2) is 4.82. The molecular formula is C11H14N4O2. The van der Waals surface area contributed by atoms with Gasteiger partial charge < -0.3 is 15.5 Å². The van der Waals surface area contributed by atoms with Crippen molar-refractivity contribution >= 4 is 18.1 Å². The zero-order valence-electron chi connectivity index (χ0n) is 9.37. The second-order valence-electron chi connectivity index (χ2n) is 3.90. The minimum Gasteiger partial charge on any atom is -0.384 e. The number of nitrogens with zero attached hydrogens (tertiary/aromatic N) is 3. The highest BCUT2D eigenvalue weighted by atomic mass is 16.2. The third-order valence-corrected chi connectivity index (χ3v) is 2.78. The van der Waals surface area contributed by atoms with Crippen molar-refractivity contribution in [1.29, 1.82) is 0 Å². The average molecular weight is 234 g/mol. The van der Waals surface area contributed by atoms with Crippen LogP contribution < -0.4 is 5.73 Å². The van der Waals surface area contributed by atoms with Crippen LogP contribution in [-0.4, -0.2) is 53.3 Å². The molecule has 2 amide bonds. The van der Waals surface area contributed by atoms with Gasteiger partial charge in [0.25, 0.3) is 5.91 Å². The number of hydrogen-bond acceptors (Lipinski definition) is 4. The van der Waals surface area contributed by atoms with E-state index in [2.05, 4.69) is 4.98 Å². The highest BCUT2D eigenvalue weighted by Gasteiger charge is 2.21. The fourth-order valence-corrected chi connectivity index (χ4v) is 1.79. The van der Waals surface area contributed by atoms with E-state index < -0.39 is 0 Å². The summed E-state index contributed by atoms with van der Waals surface area (Å²) < 4.78 is 0. The second-order valence-corrected chi connectivity index (χ2v) is 3.90. The van der Waals surface area contributed by atoms with Gasteiger partial charge in [0.1, 0.15) is 5.82 Å². The van der Waals surface area contributed by atoms with Gasteiger partial charge in [0, 0.05) is 37.9 Å². The molecular weight excluding hydrogens is 220 g/mol. The number of carbonyl (C=O) groups excluding carboxylic acids is 2. The maximum Gasteiger partial charge on any atom is 0.254 e. The number of pyridine rings is 1. The summed E-state index contributed by atoms with van der Waals surface area (Å²) in [5, 5.41) is 0. The van der Waals surface area contributed by atoms with Crippen molar-refractivity contribution in [3.63, 3.8) is 0 Å². The van der Waals surface area contributed by atoms with E-state index in [0.717, 1.165) is 6.41 Å². The fraction of sp³-hybridized carbons (Fsp3) is 0.364. The summed E-state index contributed by atoms with van der Waals surface area (Å²) in [6.07, 6.45) is 2.33. The van der Waals surface area contributed by atoms with Gasteiger partial charge in [0.2, 0.25) is 6.41 Å². The summed E-state index contributed by atoms with van der Waals surface area (Å²) in [5.41, 5.74) is 6.07. The number of anilines is 1. The van der Waals surface area contributed by atoms with Crippen LogP contribution in [0.25, 0.3) is 0 Å². The highest BCUT2D eigenvalue weighted by molar-refractivity contribution is 5.94. The highest BCUT2D eigenvalue weighted by Crippen LogP contribution is 2.09. The molecule has 0 saturated carbocycles. The Bertz CT molecular complexity index is 427. The van der Waals surface area contributed by atoms with Gasteiger partial charge in [-0.15, -0.1) is 0 Å². The van der Waals surface area contributed by atoms with E-state index >= 15 is 0 Å². The number of amides is 2. The van der Waals surface area contributed by atoms with E-state index in [9.17, 15) is 9.59 Å². The summed E-state index contributed by atoms with van der Waals surface area (Å²) in [4.78, 5) is 29.9. The van der Waals surface area contributed by atoms with Crippen molar-refractivity contribution in [3.8, 4) is 0 Å². The third kappa shape index (κ3) is 2.52. The SMILES string of the molecule is Nc1cc(C(=O)N2CCN(C=O)CC2)ccn1. The van der Waals surface area contributed by atoms with Crippen LogP contribution in [0.3, 0.4) is 0 Å². The van der Waals surface area contributed by atoms with E-state index in [1.807, 2.05) is 0 Å². The lowest BCUT2D eigenvalue weighted by atomic mass is 10.2. The Balaban J connectivity index is 2.04.